The average molecular weight is 228 g/mol. The second-order valence-electron chi connectivity index (χ2n) is 4.49. The fourth-order valence-corrected chi connectivity index (χ4v) is 1.85. The standard InChI is InChI=1S/C12H24N2O2/c1-3-4-5-6-10(2)14-12(15)11-9-16-8-7-13-11/h10-11,13H,3-9H2,1-2H3,(H,14,15). The van der Waals surface area contributed by atoms with Crippen molar-refractivity contribution in [3.8, 4) is 0 Å². The molecule has 1 rings (SSSR count). The molecule has 0 bridgehead atoms. The smallest absolute Gasteiger partial charge is 0.239 e. The van der Waals surface area contributed by atoms with Gasteiger partial charge in [-0.1, -0.05) is 26.2 Å². The van der Waals surface area contributed by atoms with Gasteiger partial charge in [0.05, 0.1) is 13.2 Å². The lowest BCUT2D eigenvalue weighted by Crippen LogP contribution is -2.52. The van der Waals surface area contributed by atoms with Crippen LogP contribution in [0.25, 0.3) is 0 Å². The maximum absolute atomic E-state index is 11.8. The zero-order valence-corrected chi connectivity index (χ0v) is 10.4. The fourth-order valence-electron chi connectivity index (χ4n) is 1.85. The number of carbonyl (C=O) groups excluding carboxylic acids is 1. The van der Waals surface area contributed by atoms with Crippen LogP contribution in [-0.4, -0.2) is 37.7 Å². The van der Waals surface area contributed by atoms with E-state index in [1.54, 1.807) is 0 Å². The Kier molecular flexibility index (Phi) is 6.42. The molecular weight excluding hydrogens is 204 g/mol. The van der Waals surface area contributed by atoms with E-state index < -0.39 is 0 Å². The van der Waals surface area contributed by atoms with Gasteiger partial charge in [0.25, 0.3) is 0 Å². The summed E-state index contributed by atoms with van der Waals surface area (Å²) in [5, 5.41) is 6.18. The van der Waals surface area contributed by atoms with Crippen LogP contribution < -0.4 is 10.6 Å². The van der Waals surface area contributed by atoms with E-state index in [2.05, 4.69) is 24.5 Å². The Morgan fingerprint density at radius 3 is 3.00 bits per heavy atom. The number of amides is 1. The molecule has 2 N–H and O–H groups in total. The van der Waals surface area contributed by atoms with Crippen LogP contribution in [0.3, 0.4) is 0 Å². The highest BCUT2D eigenvalue weighted by Gasteiger charge is 2.21. The lowest BCUT2D eigenvalue weighted by atomic mass is 10.1. The number of hydrogen-bond donors (Lipinski definition) is 2. The van der Waals surface area contributed by atoms with Crippen molar-refractivity contribution in [3.63, 3.8) is 0 Å². The first-order valence-corrected chi connectivity index (χ1v) is 6.35. The number of carbonyl (C=O) groups is 1. The SMILES string of the molecule is CCCCCC(C)NC(=O)C1COCCN1. The molecule has 4 heteroatoms. The van der Waals surface area contributed by atoms with Gasteiger partial charge >= 0.3 is 0 Å². The lowest BCUT2D eigenvalue weighted by molar-refractivity contribution is -0.126. The lowest BCUT2D eigenvalue weighted by Gasteiger charge is -2.24. The monoisotopic (exact) mass is 228 g/mol. The Morgan fingerprint density at radius 1 is 1.56 bits per heavy atom. The topological polar surface area (TPSA) is 50.4 Å². The molecule has 94 valence electrons. The summed E-state index contributed by atoms with van der Waals surface area (Å²) in [6.07, 6.45) is 4.71. The number of hydrogen-bond acceptors (Lipinski definition) is 3. The van der Waals surface area contributed by atoms with Gasteiger partial charge in [-0.15, -0.1) is 0 Å². The highest BCUT2D eigenvalue weighted by Crippen LogP contribution is 2.03. The van der Waals surface area contributed by atoms with E-state index in [0.29, 0.717) is 13.2 Å². The number of unbranched alkanes of at least 4 members (excludes halogenated alkanes) is 2. The number of ether oxygens (including phenoxy) is 1. The highest BCUT2D eigenvalue weighted by atomic mass is 16.5. The van der Waals surface area contributed by atoms with E-state index in [-0.39, 0.29) is 18.0 Å². The molecule has 1 fully saturated rings. The molecule has 0 saturated carbocycles. The minimum atomic E-state index is -0.164. The summed E-state index contributed by atoms with van der Waals surface area (Å²) in [6.45, 7) is 6.22. The van der Waals surface area contributed by atoms with Crippen molar-refractivity contribution in [2.45, 2.75) is 51.6 Å². The van der Waals surface area contributed by atoms with E-state index in [0.717, 1.165) is 13.0 Å². The Labute approximate surface area is 98.1 Å². The molecule has 0 spiro atoms. The van der Waals surface area contributed by atoms with Gasteiger partial charge < -0.3 is 15.4 Å². The predicted octanol–water partition coefficient (Wildman–Crippen LogP) is 1.06. The van der Waals surface area contributed by atoms with E-state index in [9.17, 15) is 4.79 Å². The molecule has 0 aliphatic carbocycles. The van der Waals surface area contributed by atoms with Crippen molar-refractivity contribution in [3.05, 3.63) is 0 Å². The van der Waals surface area contributed by atoms with Crippen LogP contribution >= 0.6 is 0 Å². The molecule has 0 aromatic carbocycles. The molecule has 1 aliphatic rings. The summed E-state index contributed by atoms with van der Waals surface area (Å²) < 4.78 is 5.26. The van der Waals surface area contributed by atoms with Crippen LogP contribution in [0, 0.1) is 0 Å². The molecule has 0 aromatic rings. The highest BCUT2D eigenvalue weighted by molar-refractivity contribution is 5.82. The summed E-state index contributed by atoms with van der Waals surface area (Å²) in [7, 11) is 0. The first-order valence-electron chi connectivity index (χ1n) is 6.35. The number of rotatable bonds is 6. The Balaban J connectivity index is 2.16. The van der Waals surface area contributed by atoms with E-state index in [4.69, 9.17) is 4.74 Å². The zero-order chi connectivity index (χ0) is 11.8. The first kappa shape index (κ1) is 13.5. The van der Waals surface area contributed by atoms with Crippen LogP contribution in [0.1, 0.15) is 39.5 Å². The average Bonchev–Trinajstić information content (AvgIpc) is 2.30. The molecule has 16 heavy (non-hydrogen) atoms. The van der Waals surface area contributed by atoms with Gasteiger partial charge in [0.15, 0.2) is 0 Å². The van der Waals surface area contributed by atoms with E-state index >= 15 is 0 Å². The third-order valence-corrected chi connectivity index (χ3v) is 2.87. The number of morpholine rings is 1. The second kappa shape index (κ2) is 7.63. The van der Waals surface area contributed by atoms with Crippen molar-refractivity contribution in [1.29, 1.82) is 0 Å². The van der Waals surface area contributed by atoms with Crippen molar-refractivity contribution in [2.75, 3.05) is 19.8 Å². The Morgan fingerprint density at radius 2 is 2.38 bits per heavy atom. The normalized spacial score (nSPS) is 22.8. The van der Waals surface area contributed by atoms with Crippen LogP contribution in [0.15, 0.2) is 0 Å². The summed E-state index contributed by atoms with van der Waals surface area (Å²) in [5.41, 5.74) is 0. The molecule has 1 amide bonds. The summed E-state index contributed by atoms with van der Waals surface area (Å²) in [5.74, 6) is 0.0729. The van der Waals surface area contributed by atoms with Gasteiger partial charge in [-0.25, -0.2) is 0 Å². The van der Waals surface area contributed by atoms with Crippen molar-refractivity contribution < 1.29 is 9.53 Å². The van der Waals surface area contributed by atoms with Crippen molar-refractivity contribution in [1.82, 2.24) is 10.6 Å². The van der Waals surface area contributed by atoms with Gasteiger partial charge in [-0.3, -0.25) is 4.79 Å². The summed E-state index contributed by atoms with van der Waals surface area (Å²) in [6, 6.07) is 0.102. The van der Waals surface area contributed by atoms with E-state index in [1.165, 1.54) is 19.3 Å². The maximum Gasteiger partial charge on any atom is 0.239 e. The minimum absolute atomic E-state index is 0.0729. The molecule has 1 heterocycles. The van der Waals surface area contributed by atoms with Crippen molar-refractivity contribution in [2.24, 2.45) is 0 Å². The molecule has 0 radical (unpaired) electrons. The summed E-state index contributed by atoms with van der Waals surface area (Å²) in [4.78, 5) is 11.8. The van der Waals surface area contributed by atoms with Gasteiger partial charge in [-0.05, 0) is 13.3 Å². The van der Waals surface area contributed by atoms with Crippen molar-refractivity contribution >= 4 is 5.91 Å². The fraction of sp³-hybridized carbons (Fsp3) is 0.917. The van der Waals surface area contributed by atoms with Gasteiger partial charge in [0.1, 0.15) is 6.04 Å². The largest absolute Gasteiger partial charge is 0.378 e. The Bertz CT molecular complexity index is 203. The number of nitrogens with one attached hydrogen (secondary N) is 2. The van der Waals surface area contributed by atoms with Crippen LogP contribution in [0.5, 0.6) is 0 Å². The maximum atomic E-state index is 11.8. The summed E-state index contributed by atoms with van der Waals surface area (Å²) >= 11 is 0. The molecule has 0 aromatic heterocycles. The molecule has 1 saturated heterocycles. The zero-order valence-electron chi connectivity index (χ0n) is 10.4. The first-order chi connectivity index (χ1) is 7.74. The third kappa shape index (κ3) is 4.94. The molecule has 2 atom stereocenters. The minimum Gasteiger partial charge on any atom is -0.378 e. The van der Waals surface area contributed by atoms with Crippen LogP contribution in [-0.2, 0) is 9.53 Å². The molecule has 2 unspecified atom stereocenters. The quantitative estimate of drug-likeness (QED) is 0.668. The van der Waals surface area contributed by atoms with Gasteiger partial charge in [-0.2, -0.15) is 0 Å². The van der Waals surface area contributed by atoms with Gasteiger partial charge in [0.2, 0.25) is 5.91 Å². The molecule has 1 aliphatic heterocycles. The van der Waals surface area contributed by atoms with Gasteiger partial charge in [0, 0.05) is 12.6 Å². The molecular formula is C12H24N2O2. The third-order valence-electron chi connectivity index (χ3n) is 2.87. The Hall–Kier alpha value is -0.610. The second-order valence-corrected chi connectivity index (χ2v) is 4.49. The molecule has 4 nitrogen and oxygen atoms in total. The van der Waals surface area contributed by atoms with E-state index in [1.807, 2.05) is 0 Å². The van der Waals surface area contributed by atoms with Crippen LogP contribution in [0.2, 0.25) is 0 Å². The predicted molar refractivity (Wildman–Crippen MR) is 64.4 cm³/mol. The van der Waals surface area contributed by atoms with Crippen LogP contribution in [0.4, 0.5) is 0 Å².